The predicted molar refractivity (Wildman–Crippen MR) is 75.8 cm³/mol. The number of urea groups is 1. The Morgan fingerprint density at radius 3 is 2.90 bits per heavy atom. The number of hydrogen-bond donors (Lipinski definition) is 1. The summed E-state index contributed by atoms with van der Waals surface area (Å²) in [4.78, 5) is 16.6. The molecule has 2 rings (SSSR count). The van der Waals surface area contributed by atoms with E-state index in [-0.39, 0.29) is 12.1 Å². The monoisotopic (exact) mass is 275 g/mol. The largest absolute Gasteiger partial charge is 0.497 e. The molecule has 1 N–H and O–H groups in total. The first-order valence-electron chi connectivity index (χ1n) is 6.47. The molecule has 1 fully saturated rings. The minimum Gasteiger partial charge on any atom is -0.497 e. The second kappa shape index (κ2) is 6.68. The number of carbonyl (C=O) groups is 1. The maximum absolute atomic E-state index is 12.1. The van der Waals surface area contributed by atoms with E-state index in [0.717, 1.165) is 0 Å². The van der Waals surface area contributed by atoms with Gasteiger partial charge in [0.1, 0.15) is 5.75 Å². The number of likely N-dealkylation sites (tertiary alicyclic amines) is 1. The summed E-state index contributed by atoms with van der Waals surface area (Å²) in [5.41, 5.74) is 9.09. The summed E-state index contributed by atoms with van der Waals surface area (Å²) in [6, 6.07) is 7.08. The number of methoxy groups -OCH3 is 1. The average Bonchev–Trinajstić information content (AvgIpc) is 2.48. The third kappa shape index (κ3) is 3.55. The standard InChI is InChI=1S/C13H17N5O2/c1-20-12-4-2-3-11(9-12)15-13(19)18-7-5-10(6-8-18)16-17-14/h2-4,9-10H,5-8H2,1H3,(H,15,19). The lowest BCUT2D eigenvalue weighted by molar-refractivity contribution is 0.195. The van der Waals surface area contributed by atoms with E-state index in [0.29, 0.717) is 37.4 Å². The van der Waals surface area contributed by atoms with Crippen LogP contribution in [0.4, 0.5) is 10.5 Å². The van der Waals surface area contributed by atoms with Crippen LogP contribution in [0, 0.1) is 0 Å². The van der Waals surface area contributed by atoms with Gasteiger partial charge in [-0.3, -0.25) is 0 Å². The number of hydrogen-bond acceptors (Lipinski definition) is 3. The van der Waals surface area contributed by atoms with Crippen LogP contribution in [0.5, 0.6) is 5.75 Å². The lowest BCUT2D eigenvalue weighted by Crippen LogP contribution is -2.41. The highest BCUT2D eigenvalue weighted by Gasteiger charge is 2.21. The van der Waals surface area contributed by atoms with E-state index in [1.807, 2.05) is 18.2 Å². The van der Waals surface area contributed by atoms with Gasteiger partial charge in [-0.15, -0.1) is 0 Å². The number of benzene rings is 1. The molecule has 0 saturated carbocycles. The van der Waals surface area contributed by atoms with Gasteiger partial charge in [0.2, 0.25) is 0 Å². The van der Waals surface area contributed by atoms with E-state index in [1.165, 1.54) is 0 Å². The molecular weight excluding hydrogens is 258 g/mol. The van der Waals surface area contributed by atoms with E-state index >= 15 is 0 Å². The van der Waals surface area contributed by atoms with Gasteiger partial charge in [-0.2, -0.15) is 0 Å². The van der Waals surface area contributed by atoms with Crippen molar-refractivity contribution in [2.75, 3.05) is 25.5 Å². The quantitative estimate of drug-likeness (QED) is 0.522. The third-order valence-electron chi connectivity index (χ3n) is 3.29. The summed E-state index contributed by atoms with van der Waals surface area (Å²) < 4.78 is 5.11. The smallest absolute Gasteiger partial charge is 0.321 e. The van der Waals surface area contributed by atoms with E-state index < -0.39 is 0 Å². The number of piperidine rings is 1. The van der Waals surface area contributed by atoms with Gasteiger partial charge in [-0.05, 0) is 30.5 Å². The second-order valence-corrected chi connectivity index (χ2v) is 4.59. The zero-order chi connectivity index (χ0) is 14.4. The molecule has 20 heavy (non-hydrogen) atoms. The van der Waals surface area contributed by atoms with Gasteiger partial charge in [0.25, 0.3) is 0 Å². The van der Waals surface area contributed by atoms with E-state index in [4.69, 9.17) is 10.3 Å². The molecule has 0 aliphatic carbocycles. The highest BCUT2D eigenvalue weighted by atomic mass is 16.5. The molecule has 1 heterocycles. The second-order valence-electron chi connectivity index (χ2n) is 4.59. The summed E-state index contributed by atoms with van der Waals surface area (Å²) >= 11 is 0. The van der Waals surface area contributed by atoms with E-state index in [9.17, 15) is 4.79 Å². The van der Waals surface area contributed by atoms with Crippen molar-refractivity contribution in [3.63, 3.8) is 0 Å². The fourth-order valence-corrected chi connectivity index (χ4v) is 2.16. The van der Waals surface area contributed by atoms with Gasteiger partial charge in [-0.25, -0.2) is 4.79 Å². The van der Waals surface area contributed by atoms with Crippen molar-refractivity contribution in [1.29, 1.82) is 0 Å². The SMILES string of the molecule is COc1cccc(NC(=O)N2CCC(N=[N+]=[N-])CC2)c1. The van der Waals surface area contributed by atoms with Crippen LogP contribution < -0.4 is 10.1 Å². The van der Waals surface area contributed by atoms with E-state index in [1.54, 1.807) is 18.1 Å². The molecular formula is C13H17N5O2. The van der Waals surface area contributed by atoms with Crippen molar-refractivity contribution in [3.05, 3.63) is 34.7 Å². The lowest BCUT2D eigenvalue weighted by Gasteiger charge is -2.30. The highest BCUT2D eigenvalue weighted by Crippen LogP contribution is 2.19. The van der Waals surface area contributed by atoms with Gasteiger partial charge in [-0.1, -0.05) is 11.2 Å². The Balaban J connectivity index is 1.90. The zero-order valence-corrected chi connectivity index (χ0v) is 11.3. The number of azide groups is 1. The van der Waals surface area contributed by atoms with Crippen molar-refractivity contribution in [1.82, 2.24) is 4.90 Å². The summed E-state index contributed by atoms with van der Waals surface area (Å²) in [6.45, 7) is 1.19. The number of ether oxygens (including phenoxy) is 1. The Kier molecular flexibility index (Phi) is 4.68. The Hall–Kier alpha value is -2.40. The van der Waals surface area contributed by atoms with Crippen LogP contribution in [0.2, 0.25) is 0 Å². The summed E-state index contributed by atoms with van der Waals surface area (Å²) in [5.74, 6) is 0.699. The lowest BCUT2D eigenvalue weighted by atomic mass is 10.1. The summed E-state index contributed by atoms with van der Waals surface area (Å²) in [7, 11) is 1.58. The van der Waals surface area contributed by atoms with Crippen LogP contribution in [-0.2, 0) is 0 Å². The number of rotatable bonds is 3. The molecule has 1 saturated heterocycles. The van der Waals surface area contributed by atoms with Gasteiger partial charge < -0.3 is 15.0 Å². The molecule has 0 atom stereocenters. The fourth-order valence-electron chi connectivity index (χ4n) is 2.16. The molecule has 0 bridgehead atoms. The molecule has 0 spiro atoms. The van der Waals surface area contributed by atoms with Crippen LogP contribution in [0.1, 0.15) is 12.8 Å². The topological polar surface area (TPSA) is 90.3 Å². The number of carbonyl (C=O) groups excluding carboxylic acids is 1. The molecule has 7 nitrogen and oxygen atoms in total. The Morgan fingerprint density at radius 2 is 2.25 bits per heavy atom. The maximum atomic E-state index is 12.1. The maximum Gasteiger partial charge on any atom is 0.321 e. The molecule has 1 aromatic carbocycles. The van der Waals surface area contributed by atoms with Gasteiger partial charge in [0.15, 0.2) is 0 Å². The Bertz CT molecular complexity index is 519. The molecule has 0 unspecified atom stereocenters. The van der Waals surface area contributed by atoms with Crippen molar-refractivity contribution in [3.8, 4) is 5.75 Å². The van der Waals surface area contributed by atoms with Crippen LogP contribution in [0.15, 0.2) is 29.4 Å². The molecule has 0 radical (unpaired) electrons. The van der Waals surface area contributed by atoms with Gasteiger partial charge >= 0.3 is 6.03 Å². The van der Waals surface area contributed by atoms with Crippen molar-refractivity contribution < 1.29 is 9.53 Å². The van der Waals surface area contributed by atoms with Gasteiger partial charge in [0.05, 0.1) is 7.11 Å². The molecule has 1 aliphatic rings. The summed E-state index contributed by atoms with van der Waals surface area (Å²) in [6.07, 6.45) is 1.41. The fraction of sp³-hybridized carbons (Fsp3) is 0.462. The Labute approximate surface area is 117 Å². The number of nitrogens with zero attached hydrogens (tertiary/aromatic N) is 4. The minimum atomic E-state index is -0.141. The first kappa shape index (κ1) is 14.0. The number of anilines is 1. The predicted octanol–water partition coefficient (Wildman–Crippen LogP) is 3.00. The molecule has 0 aromatic heterocycles. The third-order valence-corrected chi connectivity index (χ3v) is 3.29. The molecule has 7 heteroatoms. The van der Waals surface area contributed by atoms with E-state index in [2.05, 4.69) is 15.3 Å². The van der Waals surface area contributed by atoms with Crippen LogP contribution in [0.25, 0.3) is 10.4 Å². The molecule has 106 valence electrons. The zero-order valence-electron chi connectivity index (χ0n) is 11.3. The molecule has 1 aliphatic heterocycles. The van der Waals surface area contributed by atoms with Crippen LogP contribution in [0.3, 0.4) is 0 Å². The van der Waals surface area contributed by atoms with Gasteiger partial charge in [0, 0.05) is 35.8 Å². The Morgan fingerprint density at radius 1 is 1.50 bits per heavy atom. The van der Waals surface area contributed by atoms with Crippen molar-refractivity contribution in [2.45, 2.75) is 18.9 Å². The van der Waals surface area contributed by atoms with Crippen molar-refractivity contribution >= 4 is 11.7 Å². The molecule has 1 aromatic rings. The normalized spacial score (nSPS) is 15.3. The summed E-state index contributed by atoms with van der Waals surface area (Å²) in [5, 5.41) is 6.53. The number of amides is 2. The highest BCUT2D eigenvalue weighted by molar-refractivity contribution is 5.89. The average molecular weight is 275 g/mol. The minimum absolute atomic E-state index is 0.000805. The first-order chi connectivity index (χ1) is 9.72. The first-order valence-corrected chi connectivity index (χ1v) is 6.47. The molecule has 2 amide bonds. The van der Waals surface area contributed by atoms with Crippen LogP contribution in [-0.4, -0.2) is 37.2 Å². The van der Waals surface area contributed by atoms with Crippen LogP contribution >= 0.6 is 0 Å². The van der Waals surface area contributed by atoms with Crippen molar-refractivity contribution in [2.24, 2.45) is 5.11 Å². The number of nitrogens with one attached hydrogen (secondary N) is 1.